The SMILES string of the molecule is CC(C)(CC(=O)O)C(=O)Nc1ccc(F)cc1F. The lowest BCUT2D eigenvalue weighted by molar-refractivity contribution is -0.142. The molecule has 0 heterocycles. The molecule has 2 N–H and O–H groups in total. The Hall–Kier alpha value is -1.98. The second kappa shape index (κ2) is 5.12. The number of aliphatic carboxylic acids is 1. The van der Waals surface area contributed by atoms with E-state index in [9.17, 15) is 18.4 Å². The Morgan fingerprint density at radius 3 is 2.44 bits per heavy atom. The number of carbonyl (C=O) groups excluding carboxylic acids is 1. The number of anilines is 1. The van der Waals surface area contributed by atoms with Crippen LogP contribution in [0.5, 0.6) is 0 Å². The molecule has 0 aromatic heterocycles. The van der Waals surface area contributed by atoms with E-state index in [-0.39, 0.29) is 12.1 Å². The minimum atomic E-state index is -1.19. The molecule has 0 saturated heterocycles. The maximum absolute atomic E-state index is 13.3. The third-order valence-corrected chi connectivity index (χ3v) is 2.39. The molecule has 1 aromatic rings. The smallest absolute Gasteiger partial charge is 0.304 e. The fourth-order valence-electron chi connectivity index (χ4n) is 1.34. The minimum Gasteiger partial charge on any atom is -0.481 e. The molecular weight excluding hydrogens is 244 g/mol. The summed E-state index contributed by atoms with van der Waals surface area (Å²) >= 11 is 0. The second-order valence-electron chi connectivity index (χ2n) is 4.53. The molecule has 0 fully saturated rings. The quantitative estimate of drug-likeness (QED) is 0.870. The molecule has 1 amide bonds. The maximum atomic E-state index is 13.3. The average molecular weight is 257 g/mol. The lowest BCUT2D eigenvalue weighted by Crippen LogP contribution is -2.33. The summed E-state index contributed by atoms with van der Waals surface area (Å²) in [5.74, 6) is -3.44. The number of hydrogen-bond acceptors (Lipinski definition) is 2. The first-order chi connectivity index (χ1) is 8.22. The zero-order chi connectivity index (χ0) is 13.9. The molecule has 0 aliphatic heterocycles. The van der Waals surface area contributed by atoms with Gasteiger partial charge in [-0.25, -0.2) is 8.78 Å². The molecule has 0 bridgehead atoms. The molecule has 0 radical (unpaired) electrons. The summed E-state index contributed by atoms with van der Waals surface area (Å²) in [5.41, 5.74) is -1.37. The largest absolute Gasteiger partial charge is 0.481 e. The molecule has 0 aliphatic rings. The van der Waals surface area contributed by atoms with E-state index in [2.05, 4.69) is 5.32 Å². The standard InChI is InChI=1S/C12H13F2NO3/c1-12(2,6-10(16)17)11(18)15-9-4-3-7(13)5-8(9)14/h3-5H,6H2,1-2H3,(H,15,18)(H,16,17). The van der Waals surface area contributed by atoms with Gasteiger partial charge in [-0.05, 0) is 12.1 Å². The zero-order valence-electron chi connectivity index (χ0n) is 9.96. The molecule has 0 saturated carbocycles. The minimum absolute atomic E-state index is 0.181. The number of nitrogens with one attached hydrogen (secondary N) is 1. The lowest BCUT2D eigenvalue weighted by atomic mass is 9.88. The molecule has 98 valence electrons. The van der Waals surface area contributed by atoms with E-state index in [0.717, 1.165) is 12.1 Å². The summed E-state index contributed by atoms with van der Waals surface area (Å²) in [6.07, 6.45) is -0.387. The van der Waals surface area contributed by atoms with E-state index in [0.29, 0.717) is 6.07 Å². The average Bonchev–Trinajstić information content (AvgIpc) is 2.20. The van der Waals surface area contributed by atoms with Crippen LogP contribution in [-0.4, -0.2) is 17.0 Å². The number of hydrogen-bond donors (Lipinski definition) is 2. The fourth-order valence-corrected chi connectivity index (χ4v) is 1.34. The highest BCUT2D eigenvalue weighted by molar-refractivity contribution is 5.96. The van der Waals surface area contributed by atoms with Crippen LogP contribution in [0.4, 0.5) is 14.5 Å². The topological polar surface area (TPSA) is 66.4 Å². The van der Waals surface area contributed by atoms with Gasteiger partial charge in [0.15, 0.2) is 0 Å². The van der Waals surface area contributed by atoms with Crippen LogP contribution < -0.4 is 5.32 Å². The highest BCUT2D eigenvalue weighted by atomic mass is 19.1. The molecule has 1 rings (SSSR count). The van der Waals surface area contributed by atoms with Crippen LogP contribution in [0.15, 0.2) is 18.2 Å². The first-order valence-corrected chi connectivity index (χ1v) is 5.20. The van der Waals surface area contributed by atoms with E-state index in [1.165, 1.54) is 13.8 Å². The van der Waals surface area contributed by atoms with Gasteiger partial charge in [0, 0.05) is 6.07 Å². The van der Waals surface area contributed by atoms with Crippen molar-refractivity contribution in [2.45, 2.75) is 20.3 Å². The third-order valence-electron chi connectivity index (χ3n) is 2.39. The molecule has 0 aliphatic carbocycles. The van der Waals surface area contributed by atoms with Crippen molar-refractivity contribution in [2.75, 3.05) is 5.32 Å². The summed E-state index contributed by atoms with van der Waals surface area (Å²) in [5, 5.41) is 10.9. The van der Waals surface area contributed by atoms with Gasteiger partial charge in [-0.15, -0.1) is 0 Å². The highest BCUT2D eigenvalue weighted by Crippen LogP contribution is 2.24. The van der Waals surface area contributed by atoms with Gasteiger partial charge in [0.2, 0.25) is 5.91 Å². The van der Waals surface area contributed by atoms with Gasteiger partial charge in [0.05, 0.1) is 17.5 Å². The van der Waals surface area contributed by atoms with Crippen LogP contribution in [0.2, 0.25) is 0 Å². The number of carboxylic acids is 1. The zero-order valence-corrected chi connectivity index (χ0v) is 9.96. The Morgan fingerprint density at radius 1 is 1.33 bits per heavy atom. The van der Waals surface area contributed by atoms with E-state index in [4.69, 9.17) is 5.11 Å². The number of benzene rings is 1. The molecule has 0 spiro atoms. The van der Waals surface area contributed by atoms with Crippen molar-refractivity contribution in [3.05, 3.63) is 29.8 Å². The lowest BCUT2D eigenvalue weighted by Gasteiger charge is -2.21. The van der Waals surface area contributed by atoms with E-state index >= 15 is 0 Å². The number of halogens is 2. The molecule has 0 atom stereocenters. The van der Waals surface area contributed by atoms with Gasteiger partial charge in [0.1, 0.15) is 11.6 Å². The van der Waals surface area contributed by atoms with Gasteiger partial charge in [-0.2, -0.15) is 0 Å². The van der Waals surface area contributed by atoms with Crippen LogP contribution >= 0.6 is 0 Å². The molecule has 0 unspecified atom stereocenters. The summed E-state index contributed by atoms with van der Waals surface area (Å²) in [4.78, 5) is 22.4. The van der Waals surface area contributed by atoms with Crippen molar-refractivity contribution >= 4 is 17.6 Å². The van der Waals surface area contributed by atoms with Crippen LogP contribution in [-0.2, 0) is 9.59 Å². The predicted molar refractivity (Wildman–Crippen MR) is 61.0 cm³/mol. The number of rotatable bonds is 4. The van der Waals surface area contributed by atoms with Crippen molar-refractivity contribution in [3.63, 3.8) is 0 Å². The van der Waals surface area contributed by atoms with Gasteiger partial charge >= 0.3 is 5.97 Å². The number of carboxylic acid groups (broad SMARTS) is 1. The van der Waals surface area contributed by atoms with Gasteiger partial charge in [-0.3, -0.25) is 9.59 Å². The monoisotopic (exact) mass is 257 g/mol. The second-order valence-corrected chi connectivity index (χ2v) is 4.53. The van der Waals surface area contributed by atoms with Crippen molar-refractivity contribution in [3.8, 4) is 0 Å². The summed E-state index contributed by atoms with van der Waals surface area (Å²) in [6.45, 7) is 2.86. The third kappa shape index (κ3) is 3.51. The van der Waals surface area contributed by atoms with Gasteiger partial charge < -0.3 is 10.4 Å². The van der Waals surface area contributed by atoms with Gasteiger partial charge in [0.25, 0.3) is 0 Å². The van der Waals surface area contributed by atoms with E-state index in [1.807, 2.05) is 0 Å². The first-order valence-electron chi connectivity index (χ1n) is 5.20. The molecule has 4 nitrogen and oxygen atoms in total. The first kappa shape index (κ1) is 14.1. The van der Waals surface area contributed by atoms with Crippen molar-refractivity contribution in [1.29, 1.82) is 0 Å². The molecule has 6 heteroatoms. The predicted octanol–water partition coefficient (Wildman–Crippen LogP) is 2.40. The van der Waals surface area contributed by atoms with Crippen LogP contribution in [0.3, 0.4) is 0 Å². The number of carbonyl (C=O) groups is 2. The summed E-state index contributed by atoms with van der Waals surface area (Å²) in [6, 6.07) is 2.72. The molecule has 1 aromatic carbocycles. The van der Waals surface area contributed by atoms with Crippen LogP contribution in [0.1, 0.15) is 20.3 Å². The Labute approximate surface area is 103 Å². The van der Waals surface area contributed by atoms with Crippen LogP contribution in [0.25, 0.3) is 0 Å². The Kier molecular flexibility index (Phi) is 4.00. The maximum Gasteiger partial charge on any atom is 0.304 e. The van der Waals surface area contributed by atoms with Crippen molar-refractivity contribution < 1.29 is 23.5 Å². The highest BCUT2D eigenvalue weighted by Gasteiger charge is 2.31. The van der Waals surface area contributed by atoms with Crippen molar-refractivity contribution in [1.82, 2.24) is 0 Å². The molecular formula is C12H13F2NO3. The van der Waals surface area contributed by atoms with Crippen LogP contribution in [0, 0.1) is 17.0 Å². The number of amides is 1. The Balaban J connectivity index is 2.84. The Morgan fingerprint density at radius 2 is 1.94 bits per heavy atom. The fraction of sp³-hybridized carbons (Fsp3) is 0.333. The summed E-state index contributed by atoms with van der Waals surface area (Å²) in [7, 11) is 0. The van der Waals surface area contributed by atoms with Gasteiger partial charge in [-0.1, -0.05) is 13.8 Å². The normalized spacial score (nSPS) is 11.1. The Bertz CT molecular complexity index is 486. The van der Waals surface area contributed by atoms with E-state index in [1.54, 1.807) is 0 Å². The van der Waals surface area contributed by atoms with Crippen molar-refractivity contribution in [2.24, 2.45) is 5.41 Å². The molecule has 18 heavy (non-hydrogen) atoms. The summed E-state index contributed by atoms with van der Waals surface area (Å²) < 4.78 is 26.0. The van der Waals surface area contributed by atoms with E-state index < -0.39 is 28.9 Å².